The van der Waals surface area contributed by atoms with Crippen molar-refractivity contribution in [3.8, 4) is 0 Å². The first-order valence-electron chi connectivity index (χ1n) is 13.3. The third-order valence-electron chi connectivity index (χ3n) is 10.8. The van der Waals surface area contributed by atoms with Gasteiger partial charge < -0.3 is 9.84 Å². The summed E-state index contributed by atoms with van der Waals surface area (Å²) in [6.07, 6.45) is 13.3. The summed E-state index contributed by atoms with van der Waals surface area (Å²) in [7, 11) is 0. The minimum Gasteiger partial charge on any atom is -0.481 e. The van der Waals surface area contributed by atoms with Crippen molar-refractivity contribution in [1.82, 2.24) is 0 Å². The highest BCUT2D eigenvalue weighted by atomic mass is 16.5. The average Bonchev–Trinajstić information content (AvgIpc) is 3.27. The van der Waals surface area contributed by atoms with E-state index in [1.807, 2.05) is 0 Å². The van der Waals surface area contributed by atoms with Crippen LogP contribution in [0.4, 0.5) is 0 Å². The van der Waals surface area contributed by atoms with Crippen molar-refractivity contribution < 1.29 is 14.6 Å². The van der Waals surface area contributed by atoms with E-state index in [0.717, 1.165) is 25.9 Å². The van der Waals surface area contributed by atoms with Crippen LogP contribution in [0.5, 0.6) is 0 Å². The second-order valence-electron chi connectivity index (χ2n) is 12.8. The Morgan fingerprint density at radius 2 is 1.94 bits per heavy atom. The van der Waals surface area contributed by atoms with Gasteiger partial charge in [-0.05, 0) is 106 Å². The molecular weight excluding hydrogens is 408 g/mol. The molecule has 0 radical (unpaired) electrons. The Morgan fingerprint density at radius 1 is 1.21 bits per heavy atom. The maximum absolute atomic E-state index is 11.5. The van der Waals surface area contributed by atoms with Crippen LogP contribution in [0.3, 0.4) is 0 Å². The number of aliphatic carboxylic acids is 1. The van der Waals surface area contributed by atoms with Crippen molar-refractivity contribution in [1.29, 1.82) is 0 Å². The molecule has 0 bridgehead atoms. The summed E-state index contributed by atoms with van der Waals surface area (Å²) in [5.41, 5.74) is 4.72. The molecule has 1 N–H and O–H groups in total. The van der Waals surface area contributed by atoms with Gasteiger partial charge in [-0.25, -0.2) is 0 Å². The Labute approximate surface area is 201 Å². The molecule has 3 nitrogen and oxygen atoms in total. The normalized spacial score (nSPS) is 44.5. The molecule has 4 rings (SSSR count). The van der Waals surface area contributed by atoms with Gasteiger partial charge in [-0.1, -0.05) is 56.2 Å². The third-order valence-corrected chi connectivity index (χ3v) is 10.8. The van der Waals surface area contributed by atoms with E-state index in [2.05, 4.69) is 60.3 Å². The lowest BCUT2D eigenvalue weighted by atomic mass is 9.44. The van der Waals surface area contributed by atoms with E-state index < -0.39 is 5.97 Å². The topological polar surface area (TPSA) is 46.5 Å². The summed E-state index contributed by atoms with van der Waals surface area (Å²) in [5, 5.41) is 9.50. The van der Waals surface area contributed by atoms with Gasteiger partial charge in [-0.2, -0.15) is 0 Å². The summed E-state index contributed by atoms with van der Waals surface area (Å²) >= 11 is 0. The predicted octanol–water partition coefficient (Wildman–Crippen LogP) is 7.58. The first-order valence-corrected chi connectivity index (χ1v) is 13.3. The Bertz CT molecular complexity index is 864. The van der Waals surface area contributed by atoms with Gasteiger partial charge in [0.25, 0.3) is 0 Å². The first kappa shape index (κ1) is 24.8. The van der Waals surface area contributed by atoms with Crippen LogP contribution in [0.15, 0.2) is 35.5 Å². The zero-order valence-electron chi connectivity index (χ0n) is 21.9. The zero-order chi connectivity index (χ0) is 24.2. The van der Waals surface area contributed by atoms with Crippen molar-refractivity contribution in [2.45, 2.75) is 99.0 Å². The molecule has 33 heavy (non-hydrogen) atoms. The maximum atomic E-state index is 11.5. The monoisotopic (exact) mass is 454 g/mol. The van der Waals surface area contributed by atoms with Crippen molar-refractivity contribution in [2.75, 3.05) is 6.61 Å². The molecule has 0 aromatic rings. The minimum absolute atomic E-state index is 0.0122. The summed E-state index contributed by atoms with van der Waals surface area (Å²) in [6, 6.07) is 0. The number of rotatable bonds is 6. The van der Waals surface area contributed by atoms with Crippen LogP contribution < -0.4 is 0 Å². The maximum Gasteiger partial charge on any atom is 0.303 e. The molecule has 4 aliphatic rings. The number of hydrogen-bond acceptors (Lipinski definition) is 2. The Morgan fingerprint density at radius 3 is 2.58 bits per heavy atom. The van der Waals surface area contributed by atoms with Gasteiger partial charge in [-0.3, -0.25) is 4.79 Å². The Hall–Kier alpha value is -1.35. The molecule has 0 amide bonds. The highest BCUT2D eigenvalue weighted by molar-refractivity contribution is 5.66. The molecule has 1 heterocycles. The molecule has 3 aliphatic carbocycles. The van der Waals surface area contributed by atoms with Gasteiger partial charge in [0, 0.05) is 6.42 Å². The molecule has 184 valence electrons. The summed E-state index contributed by atoms with van der Waals surface area (Å²) in [6.45, 7) is 19.2. The summed E-state index contributed by atoms with van der Waals surface area (Å²) in [4.78, 5) is 11.5. The molecule has 0 aromatic heterocycles. The van der Waals surface area contributed by atoms with E-state index in [9.17, 15) is 9.90 Å². The highest BCUT2D eigenvalue weighted by Gasteiger charge is 2.63. The molecule has 0 spiro atoms. The van der Waals surface area contributed by atoms with Gasteiger partial charge in [0.15, 0.2) is 0 Å². The number of carboxylic acids is 1. The van der Waals surface area contributed by atoms with Crippen LogP contribution >= 0.6 is 0 Å². The Kier molecular flexibility index (Phi) is 6.53. The smallest absolute Gasteiger partial charge is 0.303 e. The molecule has 0 unspecified atom stereocenters. The van der Waals surface area contributed by atoms with Crippen LogP contribution in [0.1, 0.15) is 92.9 Å². The van der Waals surface area contributed by atoms with Crippen molar-refractivity contribution in [3.63, 3.8) is 0 Å². The van der Waals surface area contributed by atoms with Crippen LogP contribution in [0.2, 0.25) is 0 Å². The molecule has 1 aliphatic heterocycles. The van der Waals surface area contributed by atoms with Gasteiger partial charge in [0.1, 0.15) is 0 Å². The zero-order valence-corrected chi connectivity index (χ0v) is 21.9. The number of ether oxygens (including phenoxy) is 1. The van der Waals surface area contributed by atoms with Gasteiger partial charge in [-0.15, -0.1) is 0 Å². The second-order valence-corrected chi connectivity index (χ2v) is 12.8. The molecule has 2 saturated carbocycles. The van der Waals surface area contributed by atoms with E-state index in [0.29, 0.717) is 29.1 Å². The fourth-order valence-electron chi connectivity index (χ4n) is 8.88. The van der Waals surface area contributed by atoms with Crippen molar-refractivity contribution in [2.24, 2.45) is 39.9 Å². The van der Waals surface area contributed by atoms with Crippen LogP contribution in [0.25, 0.3) is 0 Å². The predicted molar refractivity (Wildman–Crippen MR) is 135 cm³/mol. The van der Waals surface area contributed by atoms with Crippen molar-refractivity contribution in [3.05, 3.63) is 35.5 Å². The van der Waals surface area contributed by atoms with Crippen LogP contribution in [-0.4, -0.2) is 23.8 Å². The van der Waals surface area contributed by atoms with E-state index in [1.165, 1.54) is 36.8 Å². The summed E-state index contributed by atoms with van der Waals surface area (Å²) in [5.74, 6) is 1.54. The Balaban J connectivity index is 1.63. The fourth-order valence-corrected chi connectivity index (χ4v) is 8.88. The van der Waals surface area contributed by atoms with Gasteiger partial charge >= 0.3 is 5.97 Å². The third kappa shape index (κ3) is 3.97. The average molecular weight is 455 g/mol. The lowest BCUT2D eigenvalue weighted by Gasteiger charge is -2.60. The number of carboxylic acid groups (broad SMARTS) is 1. The highest BCUT2D eigenvalue weighted by Crippen LogP contribution is 2.72. The molecule has 3 heteroatoms. The van der Waals surface area contributed by atoms with Gasteiger partial charge in [0.2, 0.25) is 0 Å². The summed E-state index contributed by atoms with van der Waals surface area (Å²) < 4.78 is 6.22. The number of hydrogen-bond donors (Lipinski definition) is 1. The largest absolute Gasteiger partial charge is 0.481 e. The van der Waals surface area contributed by atoms with Crippen LogP contribution in [0, 0.1) is 39.9 Å². The molecule has 1 saturated heterocycles. The number of carbonyl (C=O) groups is 1. The quantitative estimate of drug-likeness (QED) is 0.421. The lowest BCUT2D eigenvalue weighted by molar-refractivity contribution is -0.138. The second kappa shape index (κ2) is 8.70. The molecule has 0 aromatic carbocycles. The molecule has 3 fully saturated rings. The van der Waals surface area contributed by atoms with Crippen LogP contribution in [-0.2, 0) is 9.53 Å². The van der Waals surface area contributed by atoms with E-state index in [4.69, 9.17) is 4.74 Å². The van der Waals surface area contributed by atoms with E-state index in [1.54, 1.807) is 5.57 Å². The molecular formula is C30H46O3. The van der Waals surface area contributed by atoms with E-state index in [-0.39, 0.29) is 23.4 Å². The van der Waals surface area contributed by atoms with E-state index >= 15 is 0 Å². The lowest BCUT2D eigenvalue weighted by Crippen LogP contribution is -2.52. The minimum atomic E-state index is -0.673. The van der Waals surface area contributed by atoms with Gasteiger partial charge in [0.05, 0.1) is 12.7 Å². The number of fused-ring (bicyclic) bond motifs is 3. The fraction of sp³-hybridized carbons (Fsp3) is 0.767. The molecule has 8 atom stereocenters. The first-order chi connectivity index (χ1) is 15.4. The SMILES string of the molecule is C=C(C)[C@@H]1CC=C2[C@H](CC[C@@]3(C)[C@H]([C@H]4CO[C@@H](C=C(C)C)C4)CC[C@]23C)[C@@]1(C)CCC(=O)O. The number of allylic oxidation sites excluding steroid dienone is 4. The van der Waals surface area contributed by atoms with Crippen molar-refractivity contribution >= 4 is 5.97 Å². The standard InChI is InChI=1S/C30H46O3/c1-19(2)16-22-17-21(18-33-22)24-10-14-30(7)26-9-8-23(20(3)4)28(5,13-12-27(31)32)25(26)11-15-29(24,30)6/h9,16,21-25H,3,8,10-15,17-18H2,1-2,4-7H3,(H,31,32)/t21-,22+,23+,24+,25+,28+,29+,30-/m1/s1.